The molecule has 4 rings (SSSR count). The Balaban J connectivity index is 1.65. The third kappa shape index (κ3) is 4.81. The van der Waals surface area contributed by atoms with E-state index in [2.05, 4.69) is 37.1 Å². The molecule has 10 heteroatoms. The van der Waals surface area contributed by atoms with Crippen LogP contribution in [0.3, 0.4) is 0 Å². The van der Waals surface area contributed by atoms with Gasteiger partial charge in [-0.2, -0.15) is 0 Å². The minimum atomic E-state index is -3.19. The van der Waals surface area contributed by atoms with Crippen molar-refractivity contribution in [3.63, 3.8) is 0 Å². The molecular weight excluding hydrogens is 426 g/mol. The van der Waals surface area contributed by atoms with Crippen molar-refractivity contribution in [3.05, 3.63) is 41.9 Å². The number of anilines is 3. The number of piperazine rings is 1. The molecule has 0 spiro atoms. The van der Waals surface area contributed by atoms with Crippen LogP contribution in [0, 0.1) is 6.92 Å². The van der Waals surface area contributed by atoms with Gasteiger partial charge in [-0.3, -0.25) is 0 Å². The normalized spacial score (nSPS) is 15.5. The molecule has 0 radical (unpaired) electrons. The minimum Gasteiger partial charge on any atom is -0.338 e. The second kappa shape index (κ2) is 8.95. The average molecular weight is 456 g/mol. The summed E-state index contributed by atoms with van der Waals surface area (Å²) >= 11 is 0. The Hall–Kier alpha value is -2.85. The van der Waals surface area contributed by atoms with Crippen LogP contribution in [-0.4, -0.2) is 71.7 Å². The molecule has 32 heavy (non-hydrogen) atoms. The van der Waals surface area contributed by atoms with E-state index in [0.717, 1.165) is 43.0 Å². The predicted molar refractivity (Wildman–Crippen MR) is 127 cm³/mol. The molecule has 0 atom stereocenters. The van der Waals surface area contributed by atoms with Crippen molar-refractivity contribution in [1.82, 2.24) is 24.8 Å². The first-order valence-corrected chi connectivity index (χ1v) is 12.4. The zero-order valence-corrected chi connectivity index (χ0v) is 19.7. The Morgan fingerprint density at radius 2 is 1.84 bits per heavy atom. The summed E-state index contributed by atoms with van der Waals surface area (Å²) in [6.07, 6.45) is 3.20. The number of hydrogen-bond donors (Lipinski definition) is 1. The van der Waals surface area contributed by atoms with Crippen molar-refractivity contribution >= 4 is 38.3 Å². The molecular formula is C22H29N7O2S. The van der Waals surface area contributed by atoms with E-state index >= 15 is 0 Å². The highest BCUT2D eigenvalue weighted by Gasteiger charge is 2.19. The number of likely N-dealkylation sites (N-methyl/N-ethyl adjacent to an activating group) is 1. The Labute approximate surface area is 188 Å². The summed E-state index contributed by atoms with van der Waals surface area (Å²) in [5.41, 5.74) is 3.79. The average Bonchev–Trinajstić information content (AvgIpc) is 2.76. The van der Waals surface area contributed by atoms with E-state index in [1.165, 1.54) is 6.33 Å². The van der Waals surface area contributed by atoms with Gasteiger partial charge >= 0.3 is 0 Å². The van der Waals surface area contributed by atoms with Gasteiger partial charge in [0.15, 0.2) is 15.7 Å². The topological polar surface area (TPSA) is 104 Å². The maximum atomic E-state index is 12.4. The molecule has 3 aromatic rings. The van der Waals surface area contributed by atoms with Crippen LogP contribution in [0.2, 0.25) is 0 Å². The van der Waals surface area contributed by atoms with Crippen molar-refractivity contribution in [3.8, 4) is 0 Å². The molecule has 0 aliphatic carbocycles. The highest BCUT2D eigenvalue weighted by molar-refractivity contribution is 7.91. The van der Waals surface area contributed by atoms with E-state index in [0.29, 0.717) is 22.8 Å². The molecule has 1 aliphatic rings. The van der Waals surface area contributed by atoms with E-state index < -0.39 is 15.1 Å². The summed E-state index contributed by atoms with van der Waals surface area (Å²) in [5, 5.41) is 2.92. The SMILES string of the molecule is Cc1ccc(CS(=O)(=O)C(C)C)cc1Nc1ncnc2cnc(N3CCN(C)CC3)nc12. The Morgan fingerprint density at radius 1 is 1.09 bits per heavy atom. The molecule has 1 N–H and O–H groups in total. The van der Waals surface area contributed by atoms with Crippen LogP contribution in [0.1, 0.15) is 25.0 Å². The molecule has 0 unspecified atom stereocenters. The fourth-order valence-corrected chi connectivity index (χ4v) is 4.49. The number of nitrogens with one attached hydrogen (secondary N) is 1. The van der Waals surface area contributed by atoms with Crippen molar-refractivity contribution in [1.29, 1.82) is 0 Å². The van der Waals surface area contributed by atoms with Crippen molar-refractivity contribution in [2.24, 2.45) is 0 Å². The first-order chi connectivity index (χ1) is 15.2. The van der Waals surface area contributed by atoms with Gasteiger partial charge in [0, 0.05) is 31.9 Å². The number of sulfone groups is 1. The lowest BCUT2D eigenvalue weighted by Crippen LogP contribution is -2.45. The lowest BCUT2D eigenvalue weighted by molar-refractivity contribution is 0.311. The third-order valence-corrected chi connectivity index (χ3v) is 7.96. The molecule has 0 bridgehead atoms. The standard InChI is InChI=1S/C22H29N7O2S/c1-15(2)32(30,31)13-17-6-5-16(3)18(11-17)26-21-20-19(24-14-25-21)12-23-22(27-20)29-9-7-28(4)8-10-29/h5-6,11-12,14-15H,7-10,13H2,1-4H3,(H,24,25,26). The molecule has 0 saturated carbocycles. The van der Waals surface area contributed by atoms with Crippen LogP contribution in [-0.2, 0) is 15.6 Å². The number of benzene rings is 1. The van der Waals surface area contributed by atoms with Gasteiger partial charge in [0.2, 0.25) is 5.95 Å². The predicted octanol–water partition coefficient (Wildman–Crippen LogP) is 2.55. The molecule has 3 heterocycles. The van der Waals surface area contributed by atoms with Gasteiger partial charge < -0.3 is 15.1 Å². The number of aromatic nitrogens is 4. The number of fused-ring (bicyclic) bond motifs is 1. The van der Waals surface area contributed by atoms with Gasteiger partial charge in [-0.25, -0.2) is 28.4 Å². The lowest BCUT2D eigenvalue weighted by Gasteiger charge is -2.32. The first kappa shape index (κ1) is 22.3. The van der Waals surface area contributed by atoms with E-state index in [4.69, 9.17) is 4.98 Å². The molecule has 170 valence electrons. The van der Waals surface area contributed by atoms with E-state index in [1.54, 1.807) is 20.0 Å². The highest BCUT2D eigenvalue weighted by atomic mass is 32.2. The summed E-state index contributed by atoms with van der Waals surface area (Å²) in [4.78, 5) is 22.4. The Kier molecular flexibility index (Phi) is 6.25. The summed E-state index contributed by atoms with van der Waals surface area (Å²) < 4.78 is 24.7. The summed E-state index contributed by atoms with van der Waals surface area (Å²) in [5.74, 6) is 1.23. The maximum Gasteiger partial charge on any atom is 0.226 e. The molecule has 2 aromatic heterocycles. The quantitative estimate of drug-likeness (QED) is 0.600. The van der Waals surface area contributed by atoms with Crippen LogP contribution < -0.4 is 10.2 Å². The first-order valence-electron chi connectivity index (χ1n) is 10.7. The van der Waals surface area contributed by atoms with E-state index in [-0.39, 0.29) is 5.75 Å². The van der Waals surface area contributed by atoms with Gasteiger partial charge in [-0.1, -0.05) is 12.1 Å². The number of rotatable bonds is 6. The fraction of sp³-hybridized carbons (Fsp3) is 0.455. The van der Waals surface area contributed by atoms with Gasteiger partial charge in [0.25, 0.3) is 0 Å². The fourth-order valence-electron chi connectivity index (χ4n) is 3.52. The van der Waals surface area contributed by atoms with Gasteiger partial charge in [0.05, 0.1) is 17.2 Å². The van der Waals surface area contributed by atoms with E-state index in [9.17, 15) is 8.42 Å². The van der Waals surface area contributed by atoms with Gasteiger partial charge in [0.1, 0.15) is 17.4 Å². The molecule has 1 aliphatic heterocycles. The second-order valence-electron chi connectivity index (χ2n) is 8.55. The zero-order valence-electron chi connectivity index (χ0n) is 18.9. The largest absolute Gasteiger partial charge is 0.338 e. The number of aryl methyl sites for hydroxylation is 1. The van der Waals surface area contributed by atoms with Crippen molar-refractivity contribution in [2.75, 3.05) is 43.4 Å². The smallest absolute Gasteiger partial charge is 0.226 e. The highest BCUT2D eigenvalue weighted by Crippen LogP contribution is 2.26. The van der Waals surface area contributed by atoms with E-state index in [1.807, 2.05) is 25.1 Å². The van der Waals surface area contributed by atoms with Gasteiger partial charge in [-0.05, 0) is 45.0 Å². The molecule has 1 fully saturated rings. The van der Waals surface area contributed by atoms with Crippen LogP contribution in [0.25, 0.3) is 11.0 Å². The lowest BCUT2D eigenvalue weighted by atomic mass is 10.1. The molecule has 9 nitrogen and oxygen atoms in total. The van der Waals surface area contributed by atoms with Crippen molar-refractivity contribution < 1.29 is 8.42 Å². The summed E-state index contributed by atoms with van der Waals surface area (Å²) in [6.45, 7) is 9.03. The van der Waals surface area contributed by atoms with Gasteiger partial charge in [-0.15, -0.1) is 0 Å². The molecule has 1 saturated heterocycles. The Morgan fingerprint density at radius 3 is 2.56 bits per heavy atom. The Bertz CT molecular complexity index is 1220. The minimum absolute atomic E-state index is 0.000126. The van der Waals surface area contributed by atoms with Crippen LogP contribution >= 0.6 is 0 Å². The molecule has 1 aromatic carbocycles. The van der Waals surface area contributed by atoms with Crippen LogP contribution in [0.4, 0.5) is 17.5 Å². The van der Waals surface area contributed by atoms with Crippen LogP contribution in [0.15, 0.2) is 30.7 Å². The number of nitrogens with zero attached hydrogens (tertiary/aromatic N) is 6. The summed E-state index contributed by atoms with van der Waals surface area (Å²) in [6, 6.07) is 5.64. The zero-order chi connectivity index (χ0) is 22.9. The summed E-state index contributed by atoms with van der Waals surface area (Å²) in [7, 11) is -1.08. The second-order valence-corrected chi connectivity index (χ2v) is 11.1. The number of hydrogen-bond acceptors (Lipinski definition) is 9. The monoisotopic (exact) mass is 455 g/mol. The molecule has 0 amide bonds. The van der Waals surface area contributed by atoms with Crippen LogP contribution in [0.5, 0.6) is 0 Å². The third-order valence-electron chi connectivity index (χ3n) is 5.79. The maximum absolute atomic E-state index is 12.4. The van der Waals surface area contributed by atoms with Crippen molar-refractivity contribution in [2.45, 2.75) is 31.8 Å².